The minimum atomic E-state index is -0.136. The number of carbonyl (C=O) groups excluding carboxylic acids is 1. The molecular formula is C23H32N4O3. The van der Waals surface area contributed by atoms with Crippen molar-refractivity contribution >= 4 is 11.9 Å². The van der Waals surface area contributed by atoms with Crippen LogP contribution in [0.15, 0.2) is 59.6 Å². The van der Waals surface area contributed by atoms with Gasteiger partial charge in [0.05, 0.1) is 13.2 Å². The number of aliphatic imine (C=N–C) groups is 1. The van der Waals surface area contributed by atoms with E-state index in [1.165, 1.54) is 5.56 Å². The highest BCUT2D eigenvalue weighted by Crippen LogP contribution is 2.15. The first-order chi connectivity index (χ1) is 14.6. The van der Waals surface area contributed by atoms with Crippen molar-refractivity contribution in [2.24, 2.45) is 4.99 Å². The van der Waals surface area contributed by atoms with E-state index < -0.39 is 0 Å². The molecule has 3 N–H and O–H groups in total. The summed E-state index contributed by atoms with van der Waals surface area (Å²) in [4.78, 5) is 16.4. The summed E-state index contributed by atoms with van der Waals surface area (Å²) in [5, 5.41) is 9.30. The van der Waals surface area contributed by atoms with E-state index in [0.29, 0.717) is 37.0 Å². The molecule has 0 aromatic heterocycles. The zero-order valence-corrected chi connectivity index (χ0v) is 18.0. The maximum atomic E-state index is 12.2. The van der Waals surface area contributed by atoms with Gasteiger partial charge in [-0.1, -0.05) is 36.4 Å². The van der Waals surface area contributed by atoms with Crippen molar-refractivity contribution in [2.45, 2.75) is 19.4 Å². The van der Waals surface area contributed by atoms with E-state index in [9.17, 15) is 4.79 Å². The lowest BCUT2D eigenvalue weighted by Crippen LogP contribution is -2.42. The van der Waals surface area contributed by atoms with Gasteiger partial charge in [-0.3, -0.25) is 9.79 Å². The van der Waals surface area contributed by atoms with Crippen molar-refractivity contribution < 1.29 is 14.3 Å². The third kappa shape index (κ3) is 8.13. The zero-order chi connectivity index (χ0) is 21.6. The van der Waals surface area contributed by atoms with Crippen LogP contribution in [0.25, 0.3) is 0 Å². The average Bonchev–Trinajstić information content (AvgIpc) is 2.80. The van der Waals surface area contributed by atoms with Gasteiger partial charge in [0, 0.05) is 38.9 Å². The Balaban J connectivity index is 1.58. The minimum absolute atomic E-state index is 0.0804. The van der Waals surface area contributed by atoms with Crippen LogP contribution in [0.1, 0.15) is 35.4 Å². The fourth-order valence-electron chi connectivity index (χ4n) is 2.80. The number of nitrogens with one attached hydrogen (secondary N) is 3. The Morgan fingerprint density at radius 2 is 1.73 bits per heavy atom. The second-order valence-electron chi connectivity index (χ2n) is 6.69. The number of guanidine groups is 1. The molecule has 1 atom stereocenters. The van der Waals surface area contributed by atoms with Crippen molar-refractivity contribution in [3.63, 3.8) is 0 Å². The van der Waals surface area contributed by atoms with Crippen LogP contribution in [-0.4, -0.2) is 52.3 Å². The normalized spacial score (nSPS) is 12.2. The predicted octanol–water partition coefficient (Wildman–Crippen LogP) is 2.76. The molecule has 7 nitrogen and oxygen atoms in total. The summed E-state index contributed by atoms with van der Waals surface area (Å²) in [6, 6.07) is 17.3. The van der Waals surface area contributed by atoms with Gasteiger partial charge in [-0.2, -0.15) is 0 Å². The number of methoxy groups -OCH3 is 1. The van der Waals surface area contributed by atoms with Crippen LogP contribution >= 0.6 is 0 Å². The molecule has 162 valence electrons. The quantitative estimate of drug-likeness (QED) is 0.300. The van der Waals surface area contributed by atoms with Crippen molar-refractivity contribution in [2.75, 3.05) is 40.4 Å². The lowest BCUT2D eigenvalue weighted by Gasteiger charge is -2.15. The van der Waals surface area contributed by atoms with Gasteiger partial charge >= 0.3 is 0 Å². The maximum Gasteiger partial charge on any atom is 0.251 e. The van der Waals surface area contributed by atoms with E-state index in [2.05, 4.69) is 40.0 Å². The first-order valence-electron chi connectivity index (χ1n) is 10.2. The number of hydrogen-bond acceptors (Lipinski definition) is 4. The van der Waals surface area contributed by atoms with Gasteiger partial charge < -0.3 is 25.4 Å². The van der Waals surface area contributed by atoms with Gasteiger partial charge in [0.25, 0.3) is 5.91 Å². The van der Waals surface area contributed by atoms with E-state index >= 15 is 0 Å². The third-order valence-electron chi connectivity index (χ3n) is 4.51. The van der Waals surface area contributed by atoms with Crippen LogP contribution in [0.5, 0.6) is 5.75 Å². The second kappa shape index (κ2) is 13.2. The molecule has 0 bridgehead atoms. The van der Waals surface area contributed by atoms with E-state index in [1.807, 2.05) is 18.2 Å². The molecule has 7 heteroatoms. The van der Waals surface area contributed by atoms with Gasteiger partial charge in [0.1, 0.15) is 5.75 Å². The predicted molar refractivity (Wildman–Crippen MR) is 120 cm³/mol. The summed E-state index contributed by atoms with van der Waals surface area (Å²) in [6.45, 7) is 4.52. The fraction of sp³-hybridized carbons (Fsp3) is 0.391. The second-order valence-corrected chi connectivity index (χ2v) is 6.69. The van der Waals surface area contributed by atoms with E-state index in [0.717, 1.165) is 13.0 Å². The Hall–Kier alpha value is -3.06. The first kappa shape index (κ1) is 23.2. The Morgan fingerprint density at radius 3 is 2.47 bits per heavy atom. The van der Waals surface area contributed by atoms with Crippen molar-refractivity contribution in [1.29, 1.82) is 0 Å². The Morgan fingerprint density at radius 1 is 1.00 bits per heavy atom. The lowest BCUT2D eigenvalue weighted by molar-refractivity contribution is 0.0646. The summed E-state index contributed by atoms with van der Waals surface area (Å²) in [5.74, 6) is 1.22. The molecular weight excluding hydrogens is 380 g/mol. The van der Waals surface area contributed by atoms with E-state index in [4.69, 9.17) is 9.47 Å². The largest absolute Gasteiger partial charge is 0.497 e. The lowest BCUT2D eigenvalue weighted by atomic mass is 10.1. The highest BCUT2D eigenvalue weighted by molar-refractivity contribution is 5.94. The van der Waals surface area contributed by atoms with Crippen LogP contribution in [0, 0.1) is 0 Å². The molecule has 2 rings (SSSR count). The SMILES string of the molecule is CN=C(NCCCOC(C)c1ccccc1)NCCNC(=O)c1cccc(OC)c1. The van der Waals surface area contributed by atoms with Gasteiger partial charge in [-0.15, -0.1) is 0 Å². The molecule has 0 aliphatic carbocycles. The molecule has 0 saturated heterocycles. The molecule has 0 aliphatic heterocycles. The number of amides is 1. The van der Waals surface area contributed by atoms with Crippen LogP contribution in [0.3, 0.4) is 0 Å². The maximum absolute atomic E-state index is 12.2. The highest BCUT2D eigenvalue weighted by Gasteiger charge is 2.06. The molecule has 1 unspecified atom stereocenters. The van der Waals surface area contributed by atoms with Crippen LogP contribution in [0.4, 0.5) is 0 Å². The van der Waals surface area contributed by atoms with E-state index in [-0.39, 0.29) is 12.0 Å². The molecule has 0 spiro atoms. The Labute approximate surface area is 178 Å². The Kier molecular flexibility index (Phi) is 10.2. The number of benzene rings is 2. The standard InChI is InChI=1S/C23H32N4O3/c1-18(19-9-5-4-6-10-19)30-16-8-13-26-23(24-2)27-15-14-25-22(28)20-11-7-12-21(17-20)29-3/h4-7,9-12,17-18H,8,13-16H2,1-3H3,(H,25,28)(H2,24,26,27). The molecule has 1 amide bonds. The molecule has 0 radical (unpaired) electrons. The summed E-state index contributed by atoms with van der Waals surface area (Å²) in [5.41, 5.74) is 1.75. The summed E-state index contributed by atoms with van der Waals surface area (Å²) in [7, 11) is 3.30. The Bertz CT molecular complexity index is 796. The molecule has 0 fully saturated rings. The average molecular weight is 413 g/mol. The van der Waals surface area contributed by atoms with Gasteiger partial charge in [0.2, 0.25) is 0 Å². The number of carbonyl (C=O) groups is 1. The monoisotopic (exact) mass is 412 g/mol. The number of ether oxygens (including phenoxy) is 2. The first-order valence-corrected chi connectivity index (χ1v) is 10.2. The van der Waals surface area contributed by atoms with Crippen LogP contribution in [0.2, 0.25) is 0 Å². The molecule has 0 heterocycles. The summed E-state index contributed by atoms with van der Waals surface area (Å²) >= 11 is 0. The van der Waals surface area contributed by atoms with Crippen LogP contribution in [-0.2, 0) is 4.74 Å². The van der Waals surface area contributed by atoms with Gasteiger partial charge in [-0.25, -0.2) is 0 Å². The number of hydrogen-bond donors (Lipinski definition) is 3. The molecule has 0 saturated carbocycles. The fourth-order valence-corrected chi connectivity index (χ4v) is 2.80. The van der Waals surface area contributed by atoms with Crippen molar-refractivity contribution in [3.05, 3.63) is 65.7 Å². The van der Waals surface area contributed by atoms with Gasteiger partial charge in [0.15, 0.2) is 5.96 Å². The van der Waals surface area contributed by atoms with E-state index in [1.54, 1.807) is 38.4 Å². The van der Waals surface area contributed by atoms with Crippen molar-refractivity contribution in [1.82, 2.24) is 16.0 Å². The molecule has 30 heavy (non-hydrogen) atoms. The number of nitrogens with zero attached hydrogens (tertiary/aromatic N) is 1. The topological polar surface area (TPSA) is 84.0 Å². The highest BCUT2D eigenvalue weighted by atomic mass is 16.5. The minimum Gasteiger partial charge on any atom is -0.497 e. The third-order valence-corrected chi connectivity index (χ3v) is 4.51. The molecule has 0 aliphatic rings. The summed E-state index contributed by atoms with van der Waals surface area (Å²) in [6.07, 6.45) is 0.946. The van der Waals surface area contributed by atoms with Crippen LogP contribution < -0.4 is 20.7 Å². The zero-order valence-electron chi connectivity index (χ0n) is 18.0. The molecule has 2 aromatic rings. The smallest absolute Gasteiger partial charge is 0.251 e. The van der Waals surface area contributed by atoms with Gasteiger partial charge in [-0.05, 0) is 37.1 Å². The van der Waals surface area contributed by atoms with Crippen molar-refractivity contribution in [3.8, 4) is 5.75 Å². The number of rotatable bonds is 11. The molecule has 2 aromatic carbocycles. The summed E-state index contributed by atoms with van der Waals surface area (Å²) < 4.78 is 11.0.